The quantitative estimate of drug-likeness (QED) is 0.697. The van der Waals surface area contributed by atoms with Crippen LogP contribution < -0.4 is 10.5 Å². The molecule has 28 heavy (non-hydrogen) atoms. The summed E-state index contributed by atoms with van der Waals surface area (Å²) in [5.74, 6) is 0.412. The van der Waals surface area contributed by atoms with Crippen LogP contribution >= 0.6 is 0 Å². The van der Waals surface area contributed by atoms with Crippen molar-refractivity contribution in [3.8, 4) is 11.4 Å². The average molecular weight is 379 g/mol. The van der Waals surface area contributed by atoms with E-state index in [0.29, 0.717) is 30.4 Å². The highest BCUT2D eigenvalue weighted by molar-refractivity contribution is 5.56. The molecule has 1 aliphatic heterocycles. The third-order valence-electron chi connectivity index (χ3n) is 5.29. The van der Waals surface area contributed by atoms with Crippen LogP contribution in [0, 0.1) is 5.82 Å². The molecule has 0 unspecified atom stereocenters. The third kappa shape index (κ3) is 3.52. The van der Waals surface area contributed by atoms with Crippen molar-refractivity contribution in [3.05, 3.63) is 70.7 Å². The highest BCUT2D eigenvalue weighted by Gasteiger charge is 2.34. The molecule has 6 nitrogen and oxygen atoms in total. The number of hydrogen-bond acceptors (Lipinski definition) is 5. The number of nitrogens with zero attached hydrogens (tertiary/aromatic N) is 5. The molecule has 0 bridgehead atoms. The fourth-order valence-corrected chi connectivity index (χ4v) is 3.57. The van der Waals surface area contributed by atoms with Gasteiger partial charge in [0, 0.05) is 30.9 Å². The van der Waals surface area contributed by atoms with Crippen molar-refractivity contribution in [2.75, 3.05) is 11.4 Å². The molecule has 7 heteroatoms. The molecule has 0 saturated heterocycles. The Kier molecular flexibility index (Phi) is 4.66. The Balaban J connectivity index is 1.71. The molecule has 0 N–H and O–H groups in total. The summed E-state index contributed by atoms with van der Waals surface area (Å²) >= 11 is 0. The monoisotopic (exact) mass is 379 g/mol. The van der Waals surface area contributed by atoms with Gasteiger partial charge in [0.25, 0.3) is 5.56 Å². The minimum Gasteiger partial charge on any atom is -0.337 e. The van der Waals surface area contributed by atoms with Crippen molar-refractivity contribution in [3.63, 3.8) is 0 Å². The van der Waals surface area contributed by atoms with Gasteiger partial charge in [0.15, 0.2) is 0 Å². The minimum atomic E-state index is -0.241. The molecule has 2 aromatic heterocycles. The van der Waals surface area contributed by atoms with Gasteiger partial charge in [-0.25, -0.2) is 19.3 Å². The lowest BCUT2D eigenvalue weighted by Crippen LogP contribution is -2.52. The molecule has 0 atom stereocenters. The Morgan fingerprint density at radius 2 is 1.93 bits per heavy atom. The summed E-state index contributed by atoms with van der Waals surface area (Å²) in [6.45, 7) is 5.62. The molecule has 0 saturated carbocycles. The summed E-state index contributed by atoms with van der Waals surface area (Å²) in [7, 11) is 0. The number of benzene rings is 1. The molecule has 0 amide bonds. The first-order chi connectivity index (χ1) is 13.4. The van der Waals surface area contributed by atoms with Crippen molar-refractivity contribution in [2.24, 2.45) is 0 Å². The van der Waals surface area contributed by atoms with Crippen LogP contribution in [0.4, 0.5) is 10.3 Å². The fourth-order valence-electron chi connectivity index (χ4n) is 3.57. The SMILES string of the molecule is CC1(C)CCn2c(nc(-c3ccncn3)cc2=O)N1CCc1ccc(F)cc1. The Morgan fingerprint density at radius 3 is 2.64 bits per heavy atom. The van der Waals surface area contributed by atoms with Crippen molar-refractivity contribution in [1.29, 1.82) is 0 Å². The molecule has 1 aliphatic rings. The van der Waals surface area contributed by atoms with E-state index < -0.39 is 0 Å². The normalized spacial score (nSPS) is 15.3. The summed E-state index contributed by atoms with van der Waals surface area (Å²) in [4.78, 5) is 27.9. The largest absolute Gasteiger partial charge is 0.337 e. The van der Waals surface area contributed by atoms with Crippen LogP contribution in [-0.4, -0.2) is 31.6 Å². The van der Waals surface area contributed by atoms with Gasteiger partial charge in [-0.05, 0) is 50.5 Å². The average Bonchev–Trinajstić information content (AvgIpc) is 2.68. The summed E-state index contributed by atoms with van der Waals surface area (Å²) in [5.41, 5.74) is 1.98. The molecule has 1 aromatic carbocycles. The van der Waals surface area contributed by atoms with Crippen molar-refractivity contribution < 1.29 is 4.39 Å². The van der Waals surface area contributed by atoms with Crippen LogP contribution in [0.1, 0.15) is 25.8 Å². The van der Waals surface area contributed by atoms with E-state index in [1.54, 1.807) is 29.0 Å². The van der Waals surface area contributed by atoms with E-state index in [1.165, 1.54) is 24.5 Å². The number of anilines is 1. The van der Waals surface area contributed by atoms with Crippen molar-refractivity contribution in [1.82, 2.24) is 19.5 Å². The lowest BCUT2D eigenvalue weighted by molar-refractivity contribution is 0.348. The molecule has 0 spiro atoms. The second kappa shape index (κ2) is 7.14. The number of halogens is 1. The van der Waals surface area contributed by atoms with Gasteiger partial charge >= 0.3 is 0 Å². The summed E-state index contributed by atoms with van der Waals surface area (Å²) < 4.78 is 14.9. The number of aromatic nitrogens is 4. The smallest absolute Gasteiger partial charge is 0.255 e. The van der Waals surface area contributed by atoms with Crippen LogP contribution in [0.5, 0.6) is 0 Å². The minimum absolute atomic E-state index is 0.0825. The van der Waals surface area contributed by atoms with E-state index in [4.69, 9.17) is 4.98 Å². The molecule has 0 aliphatic carbocycles. The zero-order valence-corrected chi connectivity index (χ0v) is 16.0. The van der Waals surface area contributed by atoms with Gasteiger partial charge in [-0.15, -0.1) is 0 Å². The van der Waals surface area contributed by atoms with Gasteiger partial charge in [0.2, 0.25) is 5.95 Å². The van der Waals surface area contributed by atoms with Crippen LogP contribution in [0.15, 0.2) is 53.7 Å². The molecular weight excluding hydrogens is 357 g/mol. The van der Waals surface area contributed by atoms with Gasteiger partial charge in [0.1, 0.15) is 12.1 Å². The number of fused-ring (bicyclic) bond motifs is 1. The maximum absolute atomic E-state index is 13.2. The van der Waals surface area contributed by atoms with Crippen molar-refractivity contribution >= 4 is 5.95 Å². The summed E-state index contributed by atoms with van der Waals surface area (Å²) in [6.07, 6.45) is 4.66. The maximum Gasteiger partial charge on any atom is 0.255 e. The lowest BCUT2D eigenvalue weighted by Gasteiger charge is -2.44. The first-order valence-corrected chi connectivity index (χ1v) is 9.34. The molecule has 0 fully saturated rings. The Bertz CT molecular complexity index is 1030. The third-order valence-corrected chi connectivity index (χ3v) is 5.29. The van der Waals surface area contributed by atoms with Crippen molar-refractivity contribution in [2.45, 2.75) is 38.8 Å². The topological polar surface area (TPSA) is 63.9 Å². The first-order valence-electron chi connectivity index (χ1n) is 9.34. The molecule has 3 heterocycles. The van der Waals surface area contributed by atoms with Crippen LogP contribution in [0.2, 0.25) is 0 Å². The Hall–Kier alpha value is -3.09. The van der Waals surface area contributed by atoms with E-state index in [1.807, 2.05) is 0 Å². The van der Waals surface area contributed by atoms with E-state index in [-0.39, 0.29) is 16.9 Å². The maximum atomic E-state index is 13.2. The van der Waals surface area contributed by atoms with Crippen LogP contribution in [0.3, 0.4) is 0 Å². The molecule has 3 aromatic rings. The predicted octanol–water partition coefficient (Wildman–Crippen LogP) is 3.07. The van der Waals surface area contributed by atoms with Gasteiger partial charge in [-0.2, -0.15) is 0 Å². The highest BCUT2D eigenvalue weighted by atomic mass is 19.1. The molecule has 4 rings (SSSR count). The number of rotatable bonds is 4. The van der Waals surface area contributed by atoms with E-state index in [9.17, 15) is 9.18 Å². The molecule has 0 radical (unpaired) electrons. The van der Waals surface area contributed by atoms with E-state index >= 15 is 0 Å². The predicted molar refractivity (Wildman–Crippen MR) is 106 cm³/mol. The Morgan fingerprint density at radius 1 is 1.14 bits per heavy atom. The van der Waals surface area contributed by atoms with E-state index in [2.05, 4.69) is 28.7 Å². The van der Waals surface area contributed by atoms with Crippen LogP contribution in [0.25, 0.3) is 11.4 Å². The second-order valence-electron chi connectivity index (χ2n) is 7.62. The molecular formula is C21H22FN5O. The number of hydrogen-bond donors (Lipinski definition) is 0. The lowest BCUT2D eigenvalue weighted by atomic mass is 9.95. The standard InChI is InChI=1S/C21H22FN5O/c1-21(2)9-12-26-19(28)13-18(17-7-10-23-14-24-17)25-20(26)27(21)11-8-15-3-5-16(22)6-4-15/h3-7,10,13-14H,8-9,11-12H2,1-2H3. The summed E-state index contributed by atoms with van der Waals surface area (Å²) in [5, 5.41) is 0. The zero-order chi connectivity index (χ0) is 19.7. The highest BCUT2D eigenvalue weighted by Crippen LogP contribution is 2.31. The van der Waals surface area contributed by atoms with Crippen LogP contribution in [-0.2, 0) is 13.0 Å². The first kappa shape index (κ1) is 18.3. The van der Waals surface area contributed by atoms with Gasteiger partial charge in [-0.1, -0.05) is 12.1 Å². The van der Waals surface area contributed by atoms with E-state index in [0.717, 1.165) is 18.4 Å². The zero-order valence-electron chi connectivity index (χ0n) is 16.0. The summed E-state index contributed by atoms with van der Waals surface area (Å²) in [6, 6.07) is 9.81. The van der Waals surface area contributed by atoms with Gasteiger partial charge < -0.3 is 4.90 Å². The van der Waals surface area contributed by atoms with Gasteiger partial charge in [-0.3, -0.25) is 9.36 Å². The Labute approximate surface area is 162 Å². The fraction of sp³-hybridized carbons (Fsp3) is 0.333. The molecule has 144 valence electrons. The second-order valence-corrected chi connectivity index (χ2v) is 7.62. The van der Waals surface area contributed by atoms with Gasteiger partial charge in [0.05, 0.1) is 11.4 Å².